The summed E-state index contributed by atoms with van der Waals surface area (Å²) in [5, 5.41) is 3.27. The molecular formula is C14H25N3O2. The number of hydrogen-bond donors (Lipinski definition) is 1. The lowest BCUT2D eigenvalue weighted by Gasteiger charge is -2.13. The standard InChI is InChI=1S/C14H25N3O2/c1-5-15-9-12-13(19-8-7-18-6-2)10-16-14(17-12)11(3)4/h10-11,15H,5-9H2,1-4H3. The Hall–Kier alpha value is -1.20. The van der Waals surface area contributed by atoms with Gasteiger partial charge in [0.1, 0.15) is 12.4 Å². The van der Waals surface area contributed by atoms with E-state index in [1.807, 2.05) is 6.92 Å². The first kappa shape index (κ1) is 15.9. The molecule has 0 bridgehead atoms. The molecule has 1 rings (SSSR count). The lowest BCUT2D eigenvalue weighted by molar-refractivity contribution is 0.109. The van der Waals surface area contributed by atoms with E-state index in [2.05, 4.69) is 36.1 Å². The molecule has 1 aromatic rings. The highest BCUT2D eigenvalue weighted by Gasteiger charge is 2.10. The molecule has 5 heteroatoms. The van der Waals surface area contributed by atoms with Gasteiger partial charge in [0, 0.05) is 19.1 Å². The number of nitrogens with zero attached hydrogens (tertiary/aromatic N) is 2. The number of aromatic nitrogens is 2. The zero-order valence-corrected chi connectivity index (χ0v) is 12.4. The predicted octanol–water partition coefficient (Wildman–Crippen LogP) is 2.12. The molecule has 1 N–H and O–H groups in total. The van der Waals surface area contributed by atoms with E-state index in [9.17, 15) is 0 Å². The fraction of sp³-hybridized carbons (Fsp3) is 0.714. The van der Waals surface area contributed by atoms with Gasteiger partial charge in [-0.2, -0.15) is 0 Å². The molecule has 0 aliphatic rings. The summed E-state index contributed by atoms with van der Waals surface area (Å²) in [6, 6.07) is 0. The van der Waals surface area contributed by atoms with Crippen LogP contribution in [0.5, 0.6) is 5.75 Å². The Labute approximate surface area is 115 Å². The smallest absolute Gasteiger partial charge is 0.160 e. The molecule has 0 fully saturated rings. The van der Waals surface area contributed by atoms with Crippen LogP contribution in [0.2, 0.25) is 0 Å². The zero-order valence-electron chi connectivity index (χ0n) is 12.4. The van der Waals surface area contributed by atoms with Gasteiger partial charge in [0.2, 0.25) is 0 Å². The fourth-order valence-corrected chi connectivity index (χ4v) is 1.55. The van der Waals surface area contributed by atoms with Crippen LogP contribution in [0.1, 0.15) is 45.1 Å². The number of rotatable bonds is 9. The van der Waals surface area contributed by atoms with Crippen LogP contribution in [0.25, 0.3) is 0 Å². The second-order valence-electron chi connectivity index (χ2n) is 4.52. The maximum Gasteiger partial charge on any atom is 0.160 e. The van der Waals surface area contributed by atoms with Gasteiger partial charge in [-0.15, -0.1) is 0 Å². The van der Waals surface area contributed by atoms with E-state index in [0.29, 0.717) is 32.3 Å². The average Bonchev–Trinajstić information content (AvgIpc) is 2.41. The lowest BCUT2D eigenvalue weighted by atomic mass is 10.2. The summed E-state index contributed by atoms with van der Waals surface area (Å²) in [6.07, 6.45) is 1.76. The van der Waals surface area contributed by atoms with Crippen LogP contribution >= 0.6 is 0 Å². The Balaban J connectivity index is 2.71. The van der Waals surface area contributed by atoms with Crippen molar-refractivity contribution in [1.82, 2.24) is 15.3 Å². The molecule has 1 aromatic heterocycles. The summed E-state index contributed by atoms with van der Waals surface area (Å²) >= 11 is 0. The van der Waals surface area contributed by atoms with Crippen molar-refractivity contribution in [2.24, 2.45) is 0 Å². The molecule has 0 radical (unpaired) electrons. The molecule has 0 amide bonds. The summed E-state index contributed by atoms with van der Waals surface area (Å²) in [6.45, 7) is 11.6. The molecule has 0 aliphatic carbocycles. The van der Waals surface area contributed by atoms with Gasteiger partial charge in [0.05, 0.1) is 18.5 Å². The van der Waals surface area contributed by atoms with Gasteiger partial charge >= 0.3 is 0 Å². The summed E-state index contributed by atoms with van der Waals surface area (Å²) in [5.74, 6) is 1.91. The van der Waals surface area contributed by atoms with Crippen molar-refractivity contribution >= 4 is 0 Å². The van der Waals surface area contributed by atoms with Gasteiger partial charge < -0.3 is 14.8 Å². The third-order valence-electron chi connectivity index (χ3n) is 2.60. The maximum absolute atomic E-state index is 5.68. The van der Waals surface area contributed by atoms with Crippen LogP contribution in [0.4, 0.5) is 0 Å². The molecule has 0 saturated heterocycles. The Bertz CT molecular complexity index is 370. The molecule has 0 saturated carbocycles. The third kappa shape index (κ3) is 5.53. The first-order chi connectivity index (χ1) is 9.19. The Morgan fingerprint density at radius 1 is 1.26 bits per heavy atom. The molecule has 1 heterocycles. The van der Waals surface area contributed by atoms with Crippen LogP contribution in [0, 0.1) is 0 Å². The number of nitrogens with one attached hydrogen (secondary N) is 1. The van der Waals surface area contributed by atoms with Crippen molar-refractivity contribution in [1.29, 1.82) is 0 Å². The van der Waals surface area contributed by atoms with Crippen molar-refractivity contribution < 1.29 is 9.47 Å². The minimum Gasteiger partial charge on any atom is -0.488 e. The van der Waals surface area contributed by atoms with E-state index in [4.69, 9.17) is 9.47 Å². The van der Waals surface area contributed by atoms with E-state index in [1.54, 1.807) is 6.20 Å². The maximum atomic E-state index is 5.68. The Kier molecular flexibility index (Phi) is 7.36. The first-order valence-electron chi connectivity index (χ1n) is 6.96. The van der Waals surface area contributed by atoms with Crippen LogP contribution < -0.4 is 10.1 Å². The normalized spacial score (nSPS) is 11.0. The van der Waals surface area contributed by atoms with Crippen molar-refractivity contribution in [3.63, 3.8) is 0 Å². The molecular weight excluding hydrogens is 242 g/mol. The summed E-state index contributed by atoms with van der Waals surface area (Å²) in [7, 11) is 0. The SMILES string of the molecule is CCNCc1nc(C(C)C)ncc1OCCOCC. The van der Waals surface area contributed by atoms with Crippen molar-refractivity contribution in [2.45, 2.75) is 40.2 Å². The van der Waals surface area contributed by atoms with Crippen molar-refractivity contribution in [3.8, 4) is 5.75 Å². The second kappa shape index (κ2) is 8.82. The third-order valence-corrected chi connectivity index (χ3v) is 2.60. The molecule has 0 aromatic carbocycles. The Morgan fingerprint density at radius 3 is 2.68 bits per heavy atom. The number of hydrogen-bond acceptors (Lipinski definition) is 5. The molecule has 0 atom stereocenters. The van der Waals surface area contributed by atoms with E-state index in [-0.39, 0.29) is 0 Å². The van der Waals surface area contributed by atoms with Crippen molar-refractivity contribution in [3.05, 3.63) is 17.7 Å². The number of ether oxygens (including phenoxy) is 2. The van der Waals surface area contributed by atoms with Gasteiger partial charge in [0.25, 0.3) is 0 Å². The van der Waals surface area contributed by atoms with Crippen LogP contribution in [0.3, 0.4) is 0 Å². The second-order valence-corrected chi connectivity index (χ2v) is 4.52. The molecule has 0 unspecified atom stereocenters. The van der Waals surface area contributed by atoms with Gasteiger partial charge in [-0.1, -0.05) is 20.8 Å². The van der Waals surface area contributed by atoms with E-state index >= 15 is 0 Å². The predicted molar refractivity (Wildman–Crippen MR) is 75.5 cm³/mol. The first-order valence-corrected chi connectivity index (χ1v) is 6.96. The van der Waals surface area contributed by atoms with Gasteiger partial charge in [0.15, 0.2) is 5.75 Å². The summed E-state index contributed by atoms with van der Waals surface area (Å²) < 4.78 is 10.9. The van der Waals surface area contributed by atoms with E-state index in [1.165, 1.54) is 0 Å². The Morgan fingerprint density at radius 2 is 2.05 bits per heavy atom. The van der Waals surface area contributed by atoms with Gasteiger partial charge in [-0.05, 0) is 13.5 Å². The average molecular weight is 267 g/mol. The largest absolute Gasteiger partial charge is 0.488 e. The molecule has 0 aliphatic heterocycles. The topological polar surface area (TPSA) is 56.3 Å². The summed E-state index contributed by atoms with van der Waals surface area (Å²) in [5.41, 5.74) is 0.914. The van der Waals surface area contributed by atoms with Crippen LogP contribution in [0.15, 0.2) is 6.20 Å². The quantitative estimate of drug-likeness (QED) is 0.695. The highest BCUT2D eigenvalue weighted by molar-refractivity contribution is 5.25. The van der Waals surface area contributed by atoms with Crippen molar-refractivity contribution in [2.75, 3.05) is 26.4 Å². The minimum absolute atomic E-state index is 0.317. The molecule has 0 spiro atoms. The molecule has 108 valence electrons. The highest BCUT2D eigenvalue weighted by atomic mass is 16.5. The minimum atomic E-state index is 0.317. The molecule has 19 heavy (non-hydrogen) atoms. The monoisotopic (exact) mass is 267 g/mol. The van der Waals surface area contributed by atoms with E-state index in [0.717, 1.165) is 23.8 Å². The van der Waals surface area contributed by atoms with Gasteiger partial charge in [-0.3, -0.25) is 0 Å². The highest BCUT2D eigenvalue weighted by Crippen LogP contribution is 2.18. The lowest BCUT2D eigenvalue weighted by Crippen LogP contribution is -2.17. The van der Waals surface area contributed by atoms with Gasteiger partial charge in [-0.25, -0.2) is 9.97 Å². The van der Waals surface area contributed by atoms with Crippen LogP contribution in [-0.2, 0) is 11.3 Å². The fourth-order valence-electron chi connectivity index (χ4n) is 1.55. The zero-order chi connectivity index (χ0) is 14.1. The van der Waals surface area contributed by atoms with Crippen LogP contribution in [-0.4, -0.2) is 36.3 Å². The van der Waals surface area contributed by atoms with E-state index < -0.39 is 0 Å². The molecule has 5 nitrogen and oxygen atoms in total. The summed E-state index contributed by atoms with van der Waals surface area (Å²) in [4.78, 5) is 8.91.